The first-order valence-electron chi connectivity index (χ1n) is 3.89. The molecule has 0 atom stereocenters. The van der Waals surface area contributed by atoms with Crippen LogP contribution in [0.1, 0.15) is 16.7 Å². The third-order valence-electron chi connectivity index (χ3n) is 1.95. The maximum Gasteiger partial charge on any atom is 0.271 e. The Bertz CT molecular complexity index is 421. The van der Waals surface area contributed by atoms with E-state index in [2.05, 4.69) is 0 Å². The molecule has 0 spiro atoms. The maximum absolute atomic E-state index is 10.5. The molecule has 0 fully saturated rings. The minimum atomic E-state index is -0.561. The molecule has 1 rings (SSSR count). The van der Waals surface area contributed by atoms with Crippen molar-refractivity contribution in [1.82, 2.24) is 0 Å². The Morgan fingerprint density at radius 2 is 2.29 bits per heavy atom. The Morgan fingerprint density at radius 3 is 2.71 bits per heavy atom. The van der Waals surface area contributed by atoms with Crippen LogP contribution < -0.4 is 0 Å². The second-order valence-electron chi connectivity index (χ2n) is 2.82. The summed E-state index contributed by atoms with van der Waals surface area (Å²) in [6.45, 7) is 1.34. The molecule has 1 aromatic carbocycles. The molecule has 0 aliphatic carbocycles. The van der Waals surface area contributed by atoms with E-state index in [1.54, 1.807) is 6.92 Å². The molecule has 0 amide bonds. The van der Waals surface area contributed by atoms with Crippen molar-refractivity contribution in [3.63, 3.8) is 0 Å². The first-order valence-corrected chi connectivity index (χ1v) is 3.89. The van der Waals surface area contributed by atoms with E-state index in [0.717, 1.165) is 0 Å². The summed E-state index contributed by atoms with van der Waals surface area (Å²) in [5.41, 5.74) is 1.02. The molecule has 0 aliphatic heterocycles. The van der Waals surface area contributed by atoms with Gasteiger partial charge in [0.05, 0.1) is 23.2 Å². The van der Waals surface area contributed by atoms with E-state index in [1.807, 2.05) is 6.07 Å². The second kappa shape index (κ2) is 3.85. The molecule has 0 heterocycles. The lowest BCUT2D eigenvalue weighted by Crippen LogP contribution is -1.97. The molecule has 0 aromatic heterocycles. The van der Waals surface area contributed by atoms with Crippen molar-refractivity contribution in [1.29, 1.82) is 5.26 Å². The maximum atomic E-state index is 10.5. The van der Waals surface area contributed by atoms with Gasteiger partial charge in [-0.05, 0) is 18.1 Å². The molecular formula is C9H8N2O3. The van der Waals surface area contributed by atoms with Gasteiger partial charge in [0.1, 0.15) is 0 Å². The number of nitriles is 1. The molecular weight excluding hydrogens is 184 g/mol. The first kappa shape index (κ1) is 10.2. The monoisotopic (exact) mass is 192 g/mol. The van der Waals surface area contributed by atoms with E-state index < -0.39 is 4.92 Å². The smallest absolute Gasteiger partial charge is 0.271 e. The predicted molar refractivity (Wildman–Crippen MR) is 48.5 cm³/mol. The number of rotatable bonds is 2. The van der Waals surface area contributed by atoms with Gasteiger partial charge in [-0.1, -0.05) is 0 Å². The van der Waals surface area contributed by atoms with Crippen LogP contribution in [-0.2, 0) is 6.61 Å². The fraction of sp³-hybridized carbons (Fsp3) is 0.222. The molecule has 0 bridgehead atoms. The lowest BCUT2D eigenvalue weighted by atomic mass is 10.0. The zero-order chi connectivity index (χ0) is 10.7. The number of aliphatic hydroxyl groups is 1. The summed E-state index contributed by atoms with van der Waals surface area (Å²) >= 11 is 0. The number of benzene rings is 1. The minimum absolute atomic E-state index is 0.128. The molecule has 0 saturated heterocycles. The van der Waals surface area contributed by atoms with Crippen molar-refractivity contribution < 1.29 is 10.0 Å². The highest BCUT2D eigenvalue weighted by atomic mass is 16.6. The number of aryl methyl sites for hydroxylation is 1. The van der Waals surface area contributed by atoms with Gasteiger partial charge >= 0.3 is 0 Å². The molecule has 14 heavy (non-hydrogen) atoms. The van der Waals surface area contributed by atoms with Gasteiger partial charge in [-0.2, -0.15) is 5.26 Å². The zero-order valence-corrected chi connectivity index (χ0v) is 7.52. The van der Waals surface area contributed by atoms with E-state index in [0.29, 0.717) is 11.1 Å². The zero-order valence-electron chi connectivity index (χ0n) is 7.52. The Kier molecular flexibility index (Phi) is 2.79. The lowest BCUT2D eigenvalue weighted by Gasteiger charge is -2.03. The van der Waals surface area contributed by atoms with Crippen molar-refractivity contribution in [3.8, 4) is 6.07 Å². The number of non-ortho nitro benzene ring substituents is 1. The average molecular weight is 192 g/mol. The number of nitro groups is 1. The first-order chi connectivity index (χ1) is 6.60. The van der Waals surface area contributed by atoms with E-state index in [-0.39, 0.29) is 17.9 Å². The van der Waals surface area contributed by atoms with Crippen LogP contribution in [0.4, 0.5) is 5.69 Å². The highest BCUT2D eigenvalue weighted by molar-refractivity contribution is 5.50. The SMILES string of the molecule is Cc1cc([N+](=O)[O-])cc(C#N)c1CO. The Hall–Kier alpha value is -1.93. The van der Waals surface area contributed by atoms with Crippen LogP contribution in [0.25, 0.3) is 0 Å². The summed E-state index contributed by atoms with van der Waals surface area (Å²) in [7, 11) is 0. The van der Waals surface area contributed by atoms with E-state index in [4.69, 9.17) is 10.4 Å². The molecule has 5 heteroatoms. The molecule has 0 aliphatic rings. The van der Waals surface area contributed by atoms with Gasteiger partial charge in [0.2, 0.25) is 0 Å². The Morgan fingerprint density at radius 1 is 1.64 bits per heavy atom. The van der Waals surface area contributed by atoms with Crippen molar-refractivity contribution in [2.45, 2.75) is 13.5 Å². The van der Waals surface area contributed by atoms with Crippen LogP contribution >= 0.6 is 0 Å². The molecule has 72 valence electrons. The molecule has 5 nitrogen and oxygen atoms in total. The number of nitrogens with zero attached hydrogens (tertiary/aromatic N) is 2. The number of aliphatic hydroxyl groups excluding tert-OH is 1. The predicted octanol–water partition coefficient (Wildman–Crippen LogP) is 1.27. The van der Waals surface area contributed by atoms with Gasteiger partial charge in [-0.3, -0.25) is 10.1 Å². The molecule has 0 saturated carbocycles. The quantitative estimate of drug-likeness (QED) is 0.564. The van der Waals surface area contributed by atoms with Crippen molar-refractivity contribution in [2.24, 2.45) is 0 Å². The second-order valence-corrected chi connectivity index (χ2v) is 2.82. The van der Waals surface area contributed by atoms with Crippen LogP contribution in [-0.4, -0.2) is 10.0 Å². The summed E-state index contributed by atoms with van der Waals surface area (Å²) in [6, 6.07) is 4.32. The summed E-state index contributed by atoms with van der Waals surface area (Å²) in [4.78, 5) is 9.89. The van der Waals surface area contributed by atoms with Crippen LogP contribution in [0.15, 0.2) is 12.1 Å². The minimum Gasteiger partial charge on any atom is -0.392 e. The summed E-state index contributed by atoms with van der Waals surface area (Å²) in [5.74, 6) is 0. The van der Waals surface area contributed by atoms with Gasteiger partial charge in [0, 0.05) is 12.1 Å². The lowest BCUT2D eigenvalue weighted by molar-refractivity contribution is -0.384. The summed E-state index contributed by atoms with van der Waals surface area (Å²) < 4.78 is 0. The van der Waals surface area contributed by atoms with Crippen molar-refractivity contribution in [3.05, 3.63) is 38.9 Å². The van der Waals surface area contributed by atoms with E-state index in [1.165, 1.54) is 12.1 Å². The molecule has 1 aromatic rings. The van der Waals surface area contributed by atoms with E-state index in [9.17, 15) is 10.1 Å². The van der Waals surface area contributed by atoms with Crippen molar-refractivity contribution in [2.75, 3.05) is 0 Å². The van der Waals surface area contributed by atoms with Gasteiger partial charge in [0.25, 0.3) is 5.69 Å². The Balaban J connectivity index is 3.41. The third kappa shape index (κ3) is 1.70. The highest BCUT2D eigenvalue weighted by Gasteiger charge is 2.13. The molecule has 1 N–H and O–H groups in total. The number of hydrogen-bond acceptors (Lipinski definition) is 4. The standard InChI is InChI=1S/C9H8N2O3/c1-6-2-8(11(13)14)3-7(4-10)9(6)5-12/h2-3,12H,5H2,1H3. The average Bonchev–Trinajstić information content (AvgIpc) is 2.16. The number of nitro benzene ring substituents is 1. The number of hydrogen-bond donors (Lipinski definition) is 1. The van der Waals surface area contributed by atoms with Crippen LogP contribution in [0.5, 0.6) is 0 Å². The highest BCUT2D eigenvalue weighted by Crippen LogP contribution is 2.21. The normalized spacial score (nSPS) is 9.50. The van der Waals surface area contributed by atoms with Crippen LogP contribution in [0, 0.1) is 28.4 Å². The van der Waals surface area contributed by atoms with Gasteiger partial charge in [-0.15, -0.1) is 0 Å². The summed E-state index contributed by atoms with van der Waals surface area (Å²) in [6.07, 6.45) is 0. The third-order valence-corrected chi connectivity index (χ3v) is 1.95. The van der Waals surface area contributed by atoms with E-state index >= 15 is 0 Å². The van der Waals surface area contributed by atoms with Crippen LogP contribution in [0.2, 0.25) is 0 Å². The topological polar surface area (TPSA) is 87.2 Å². The van der Waals surface area contributed by atoms with Gasteiger partial charge < -0.3 is 5.11 Å². The largest absolute Gasteiger partial charge is 0.392 e. The van der Waals surface area contributed by atoms with Crippen molar-refractivity contribution >= 4 is 5.69 Å². The summed E-state index contributed by atoms with van der Waals surface area (Å²) in [5, 5.41) is 28.1. The molecule has 0 radical (unpaired) electrons. The van der Waals surface area contributed by atoms with Gasteiger partial charge in [0.15, 0.2) is 0 Å². The fourth-order valence-electron chi connectivity index (χ4n) is 1.21. The van der Waals surface area contributed by atoms with Crippen LogP contribution in [0.3, 0.4) is 0 Å². The Labute approximate surface area is 80.4 Å². The molecule has 0 unspecified atom stereocenters. The van der Waals surface area contributed by atoms with Gasteiger partial charge in [-0.25, -0.2) is 0 Å². The fourth-order valence-corrected chi connectivity index (χ4v) is 1.21.